The standard InChI is InChI=1S/C21H23ClFN3O3/c1-13-17(21(22)26(25-13)16-8-6-15(23)7-9-16)12-24-11-14-5-10-18(27-2)20(29-4)19(14)28-3/h5-10,24H,11-12H2,1-4H3. The van der Waals surface area contributed by atoms with Gasteiger partial charge in [-0.3, -0.25) is 0 Å². The normalized spacial score (nSPS) is 10.8. The molecule has 0 bridgehead atoms. The SMILES string of the molecule is COc1ccc(CNCc2c(C)nn(-c3ccc(F)cc3)c2Cl)c(OC)c1OC. The number of methoxy groups -OCH3 is 3. The van der Waals surface area contributed by atoms with E-state index in [0.717, 1.165) is 16.8 Å². The van der Waals surface area contributed by atoms with Gasteiger partial charge in [-0.1, -0.05) is 17.7 Å². The molecule has 1 heterocycles. The third-order valence-electron chi connectivity index (χ3n) is 4.60. The fraction of sp³-hybridized carbons (Fsp3) is 0.286. The number of benzene rings is 2. The summed E-state index contributed by atoms with van der Waals surface area (Å²) >= 11 is 6.54. The average Bonchev–Trinajstić information content (AvgIpc) is 3.01. The van der Waals surface area contributed by atoms with Gasteiger partial charge >= 0.3 is 0 Å². The van der Waals surface area contributed by atoms with Crippen molar-refractivity contribution in [2.75, 3.05) is 21.3 Å². The van der Waals surface area contributed by atoms with E-state index in [4.69, 9.17) is 25.8 Å². The van der Waals surface area contributed by atoms with Crippen LogP contribution >= 0.6 is 11.6 Å². The number of hydrogen-bond acceptors (Lipinski definition) is 5. The van der Waals surface area contributed by atoms with Crippen LogP contribution in [0.15, 0.2) is 36.4 Å². The van der Waals surface area contributed by atoms with Crippen LogP contribution in [0.4, 0.5) is 4.39 Å². The molecule has 0 aliphatic carbocycles. The molecule has 0 saturated carbocycles. The Morgan fingerprint density at radius 2 is 1.66 bits per heavy atom. The van der Waals surface area contributed by atoms with E-state index in [0.29, 0.717) is 41.2 Å². The molecule has 0 aliphatic heterocycles. The summed E-state index contributed by atoms with van der Waals surface area (Å²) in [5.74, 6) is 1.46. The Morgan fingerprint density at radius 3 is 2.28 bits per heavy atom. The van der Waals surface area contributed by atoms with Crippen LogP contribution in [0, 0.1) is 12.7 Å². The Bertz CT molecular complexity index is 990. The van der Waals surface area contributed by atoms with E-state index in [9.17, 15) is 4.39 Å². The van der Waals surface area contributed by atoms with Crippen molar-refractivity contribution in [1.29, 1.82) is 0 Å². The lowest BCUT2D eigenvalue weighted by atomic mass is 10.1. The van der Waals surface area contributed by atoms with Crippen LogP contribution in [0.25, 0.3) is 5.69 Å². The highest BCUT2D eigenvalue weighted by Crippen LogP contribution is 2.39. The number of aromatic nitrogens is 2. The zero-order chi connectivity index (χ0) is 21.0. The number of aryl methyl sites for hydroxylation is 1. The lowest BCUT2D eigenvalue weighted by Crippen LogP contribution is -2.14. The lowest BCUT2D eigenvalue weighted by molar-refractivity contribution is 0.321. The van der Waals surface area contributed by atoms with Gasteiger partial charge in [0, 0.05) is 24.2 Å². The van der Waals surface area contributed by atoms with Crippen LogP contribution in [0.1, 0.15) is 16.8 Å². The van der Waals surface area contributed by atoms with Gasteiger partial charge in [-0.2, -0.15) is 5.10 Å². The van der Waals surface area contributed by atoms with Crippen molar-refractivity contribution < 1.29 is 18.6 Å². The highest BCUT2D eigenvalue weighted by atomic mass is 35.5. The molecule has 0 fully saturated rings. The Kier molecular flexibility index (Phi) is 6.61. The highest BCUT2D eigenvalue weighted by molar-refractivity contribution is 6.30. The summed E-state index contributed by atoms with van der Waals surface area (Å²) in [6, 6.07) is 9.79. The van der Waals surface area contributed by atoms with Gasteiger partial charge in [0.25, 0.3) is 0 Å². The molecule has 0 radical (unpaired) electrons. The third-order valence-corrected chi connectivity index (χ3v) is 4.98. The average molecular weight is 420 g/mol. The van der Waals surface area contributed by atoms with E-state index in [-0.39, 0.29) is 5.82 Å². The summed E-state index contributed by atoms with van der Waals surface area (Å²) in [7, 11) is 4.75. The van der Waals surface area contributed by atoms with Gasteiger partial charge in [0.05, 0.1) is 32.7 Å². The molecule has 0 atom stereocenters. The van der Waals surface area contributed by atoms with Crippen molar-refractivity contribution in [3.05, 3.63) is 64.2 Å². The summed E-state index contributed by atoms with van der Waals surface area (Å²) in [4.78, 5) is 0. The molecular formula is C21H23ClFN3O3. The summed E-state index contributed by atoms with van der Waals surface area (Å²) in [6.07, 6.45) is 0. The second kappa shape index (κ2) is 9.15. The Morgan fingerprint density at radius 1 is 0.966 bits per heavy atom. The van der Waals surface area contributed by atoms with Gasteiger partial charge in [-0.15, -0.1) is 0 Å². The van der Waals surface area contributed by atoms with Gasteiger partial charge < -0.3 is 19.5 Å². The molecule has 0 amide bonds. The predicted molar refractivity (Wildman–Crippen MR) is 110 cm³/mol. The van der Waals surface area contributed by atoms with Crippen molar-refractivity contribution in [1.82, 2.24) is 15.1 Å². The van der Waals surface area contributed by atoms with Crippen molar-refractivity contribution in [2.24, 2.45) is 0 Å². The van der Waals surface area contributed by atoms with Crippen molar-refractivity contribution in [2.45, 2.75) is 20.0 Å². The molecule has 0 saturated heterocycles. The summed E-state index contributed by atoms with van der Waals surface area (Å²) in [5, 5.41) is 8.33. The first kappa shape index (κ1) is 21.0. The molecule has 1 N–H and O–H groups in total. The second-order valence-corrected chi connectivity index (χ2v) is 6.70. The zero-order valence-corrected chi connectivity index (χ0v) is 17.5. The maximum absolute atomic E-state index is 13.2. The number of halogens is 2. The molecule has 0 unspecified atom stereocenters. The van der Waals surface area contributed by atoms with Gasteiger partial charge in [-0.25, -0.2) is 9.07 Å². The molecule has 8 heteroatoms. The molecule has 2 aromatic carbocycles. The smallest absolute Gasteiger partial charge is 0.203 e. The van der Waals surface area contributed by atoms with E-state index < -0.39 is 0 Å². The molecule has 1 aromatic heterocycles. The van der Waals surface area contributed by atoms with E-state index in [2.05, 4.69) is 10.4 Å². The monoisotopic (exact) mass is 419 g/mol. The Labute approximate surface area is 174 Å². The van der Waals surface area contributed by atoms with Crippen molar-refractivity contribution in [3.63, 3.8) is 0 Å². The molecule has 29 heavy (non-hydrogen) atoms. The second-order valence-electron chi connectivity index (χ2n) is 6.34. The van der Waals surface area contributed by atoms with Crippen LogP contribution in [0.5, 0.6) is 17.2 Å². The summed E-state index contributed by atoms with van der Waals surface area (Å²) in [6.45, 7) is 2.92. The minimum Gasteiger partial charge on any atom is -0.493 e. The number of hydrogen-bond donors (Lipinski definition) is 1. The minimum atomic E-state index is -0.306. The largest absolute Gasteiger partial charge is 0.493 e. The molecule has 0 spiro atoms. The van der Waals surface area contributed by atoms with Crippen molar-refractivity contribution in [3.8, 4) is 22.9 Å². The maximum Gasteiger partial charge on any atom is 0.203 e. The first-order chi connectivity index (χ1) is 14.0. The van der Waals surface area contributed by atoms with Gasteiger partial charge in [0.2, 0.25) is 5.75 Å². The third kappa shape index (κ3) is 4.31. The van der Waals surface area contributed by atoms with E-state index >= 15 is 0 Å². The zero-order valence-electron chi connectivity index (χ0n) is 16.8. The predicted octanol–water partition coefficient (Wildman–Crippen LogP) is 4.29. The van der Waals surface area contributed by atoms with E-state index in [1.165, 1.54) is 12.1 Å². The summed E-state index contributed by atoms with van der Waals surface area (Å²) < 4.78 is 31.0. The van der Waals surface area contributed by atoms with Crippen LogP contribution < -0.4 is 19.5 Å². The molecule has 3 aromatic rings. The summed E-state index contributed by atoms with van der Waals surface area (Å²) in [5.41, 5.74) is 3.29. The molecule has 0 aliphatic rings. The van der Waals surface area contributed by atoms with E-state index in [1.54, 1.807) is 38.1 Å². The number of rotatable bonds is 8. The highest BCUT2D eigenvalue weighted by Gasteiger charge is 2.17. The van der Waals surface area contributed by atoms with Gasteiger partial charge in [-0.05, 0) is 37.3 Å². The fourth-order valence-corrected chi connectivity index (χ4v) is 3.45. The Balaban J connectivity index is 1.77. The fourth-order valence-electron chi connectivity index (χ4n) is 3.11. The first-order valence-corrected chi connectivity index (χ1v) is 9.36. The number of nitrogens with one attached hydrogen (secondary N) is 1. The van der Waals surface area contributed by atoms with Crippen LogP contribution in [-0.4, -0.2) is 31.1 Å². The first-order valence-electron chi connectivity index (χ1n) is 8.98. The van der Waals surface area contributed by atoms with Crippen LogP contribution in [-0.2, 0) is 13.1 Å². The van der Waals surface area contributed by atoms with Crippen LogP contribution in [0.3, 0.4) is 0 Å². The quantitative estimate of drug-likeness (QED) is 0.590. The lowest BCUT2D eigenvalue weighted by Gasteiger charge is -2.16. The minimum absolute atomic E-state index is 0.306. The van der Waals surface area contributed by atoms with Crippen LogP contribution in [0.2, 0.25) is 5.15 Å². The molecule has 154 valence electrons. The molecule has 3 rings (SSSR count). The van der Waals surface area contributed by atoms with Gasteiger partial charge in [0.1, 0.15) is 11.0 Å². The number of ether oxygens (including phenoxy) is 3. The topological polar surface area (TPSA) is 57.5 Å². The maximum atomic E-state index is 13.2. The van der Waals surface area contributed by atoms with Crippen molar-refractivity contribution >= 4 is 11.6 Å². The van der Waals surface area contributed by atoms with E-state index in [1.807, 2.05) is 19.1 Å². The Hall–Kier alpha value is -2.77. The van der Waals surface area contributed by atoms with Gasteiger partial charge in [0.15, 0.2) is 11.5 Å². The molecular weight excluding hydrogens is 397 g/mol. The molecule has 6 nitrogen and oxygen atoms in total. The number of nitrogens with zero attached hydrogens (tertiary/aromatic N) is 2.